The lowest BCUT2D eigenvalue weighted by molar-refractivity contribution is -0.122. The average Bonchev–Trinajstić information content (AvgIpc) is 2.18. The third-order valence-corrected chi connectivity index (χ3v) is 2.50. The molecule has 0 amide bonds. The SMILES string of the molecule is CCOCC(=O)Cc1ccc(I)cc1. The van der Waals surface area contributed by atoms with Gasteiger partial charge in [0.25, 0.3) is 0 Å². The van der Waals surface area contributed by atoms with Crippen molar-refractivity contribution in [2.75, 3.05) is 13.2 Å². The highest BCUT2D eigenvalue weighted by atomic mass is 127. The molecule has 0 saturated carbocycles. The monoisotopic (exact) mass is 304 g/mol. The molecule has 0 N–H and O–H groups in total. The summed E-state index contributed by atoms with van der Waals surface area (Å²) in [5.74, 6) is 0.132. The van der Waals surface area contributed by atoms with Crippen LogP contribution in [-0.2, 0) is 16.0 Å². The Morgan fingerprint density at radius 3 is 2.57 bits per heavy atom. The molecule has 14 heavy (non-hydrogen) atoms. The van der Waals surface area contributed by atoms with Crippen molar-refractivity contribution in [3.05, 3.63) is 33.4 Å². The first-order valence-electron chi connectivity index (χ1n) is 4.56. The summed E-state index contributed by atoms with van der Waals surface area (Å²) in [5.41, 5.74) is 1.05. The van der Waals surface area contributed by atoms with Crippen molar-refractivity contribution in [1.82, 2.24) is 0 Å². The van der Waals surface area contributed by atoms with E-state index >= 15 is 0 Å². The third kappa shape index (κ3) is 4.19. The smallest absolute Gasteiger partial charge is 0.162 e. The first kappa shape index (κ1) is 11.7. The van der Waals surface area contributed by atoms with E-state index in [2.05, 4.69) is 22.6 Å². The summed E-state index contributed by atoms with van der Waals surface area (Å²) in [6.45, 7) is 2.71. The maximum atomic E-state index is 11.3. The molecule has 0 unspecified atom stereocenters. The lowest BCUT2D eigenvalue weighted by Crippen LogP contribution is -2.11. The van der Waals surface area contributed by atoms with Crippen molar-refractivity contribution in [3.8, 4) is 0 Å². The Bertz CT molecular complexity index is 293. The molecular formula is C11H13IO2. The molecule has 0 aliphatic rings. The molecule has 0 atom stereocenters. The Labute approximate surface area is 97.8 Å². The van der Waals surface area contributed by atoms with Gasteiger partial charge in [-0.3, -0.25) is 4.79 Å². The molecule has 1 aromatic carbocycles. The van der Waals surface area contributed by atoms with E-state index < -0.39 is 0 Å². The topological polar surface area (TPSA) is 26.3 Å². The van der Waals surface area contributed by atoms with E-state index in [-0.39, 0.29) is 12.4 Å². The zero-order chi connectivity index (χ0) is 10.4. The number of Topliss-reactive ketones (excluding diaryl/α,β-unsaturated/α-hetero) is 1. The summed E-state index contributed by atoms with van der Waals surface area (Å²) in [5, 5.41) is 0. The minimum Gasteiger partial charge on any atom is -0.374 e. The minimum atomic E-state index is 0.132. The first-order valence-corrected chi connectivity index (χ1v) is 5.64. The highest BCUT2D eigenvalue weighted by Gasteiger charge is 2.02. The molecule has 76 valence electrons. The van der Waals surface area contributed by atoms with Crippen molar-refractivity contribution in [2.24, 2.45) is 0 Å². The zero-order valence-corrected chi connectivity index (χ0v) is 10.3. The number of ketones is 1. The third-order valence-electron chi connectivity index (χ3n) is 1.78. The highest BCUT2D eigenvalue weighted by molar-refractivity contribution is 14.1. The van der Waals surface area contributed by atoms with Crippen LogP contribution in [0.15, 0.2) is 24.3 Å². The molecule has 0 spiro atoms. The molecule has 1 aromatic rings. The van der Waals surface area contributed by atoms with E-state index in [9.17, 15) is 4.79 Å². The lowest BCUT2D eigenvalue weighted by atomic mass is 10.1. The fraction of sp³-hybridized carbons (Fsp3) is 0.364. The number of carbonyl (C=O) groups is 1. The van der Waals surface area contributed by atoms with Gasteiger partial charge in [-0.1, -0.05) is 12.1 Å². The fourth-order valence-electron chi connectivity index (χ4n) is 1.10. The molecule has 0 heterocycles. The standard InChI is InChI=1S/C11H13IO2/c1-2-14-8-11(13)7-9-3-5-10(12)6-4-9/h3-6H,2,7-8H2,1H3. The Morgan fingerprint density at radius 1 is 1.36 bits per heavy atom. The van der Waals surface area contributed by atoms with E-state index in [4.69, 9.17) is 4.74 Å². The minimum absolute atomic E-state index is 0.132. The van der Waals surface area contributed by atoms with Crippen LogP contribution >= 0.6 is 22.6 Å². The summed E-state index contributed by atoms with van der Waals surface area (Å²) < 4.78 is 6.22. The average molecular weight is 304 g/mol. The number of carbonyl (C=O) groups excluding carboxylic acids is 1. The Kier molecular flexibility index (Phi) is 5.11. The van der Waals surface area contributed by atoms with Crippen LogP contribution in [-0.4, -0.2) is 19.0 Å². The summed E-state index contributed by atoms with van der Waals surface area (Å²) in [4.78, 5) is 11.3. The normalized spacial score (nSPS) is 10.1. The number of rotatable bonds is 5. The van der Waals surface area contributed by atoms with Gasteiger partial charge in [-0.15, -0.1) is 0 Å². The van der Waals surface area contributed by atoms with Crippen LogP contribution in [0.1, 0.15) is 12.5 Å². The molecule has 0 aliphatic carbocycles. The highest BCUT2D eigenvalue weighted by Crippen LogP contribution is 2.07. The van der Waals surface area contributed by atoms with Crippen molar-refractivity contribution >= 4 is 28.4 Å². The van der Waals surface area contributed by atoms with Crippen molar-refractivity contribution in [2.45, 2.75) is 13.3 Å². The number of hydrogen-bond acceptors (Lipinski definition) is 2. The van der Waals surface area contributed by atoms with Gasteiger partial charge in [0.2, 0.25) is 0 Å². The molecular weight excluding hydrogens is 291 g/mol. The van der Waals surface area contributed by atoms with Crippen LogP contribution in [0.25, 0.3) is 0 Å². The lowest BCUT2D eigenvalue weighted by Gasteiger charge is -2.01. The van der Waals surface area contributed by atoms with Gasteiger partial charge in [0, 0.05) is 16.6 Å². The van der Waals surface area contributed by atoms with Gasteiger partial charge in [0.05, 0.1) is 0 Å². The predicted molar refractivity (Wildman–Crippen MR) is 64.4 cm³/mol. The van der Waals surface area contributed by atoms with E-state index in [0.29, 0.717) is 13.0 Å². The molecule has 0 fully saturated rings. The van der Waals surface area contributed by atoms with Gasteiger partial charge < -0.3 is 4.74 Å². The van der Waals surface area contributed by atoms with E-state index in [1.54, 1.807) is 0 Å². The fourth-order valence-corrected chi connectivity index (χ4v) is 1.46. The second-order valence-corrected chi connectivity index (χ2v) is 4.22. The Balaban J connectivity index is 2.44. The van der Waals surface area contributed by atoms with E-state index in [1.165, 1.54) is 3.57 Å². The van der Waals surface area contributed by atoms with Gasteiger partial charge in [0.15, 0.2) is 5.78 Å². The molecule has 0 aromatic heterocycles. The Hall–Kier alpha value is -0.420. The molecule has 2 nitrogen and oxygen atoms in total. The van der Waals surface area contributed by atoms with Gasteiger partial charge in [-0.2, -0.15) is 0 Å². The molecule has 3 heteroatoms. The van der Waals surface area contributed by atoms with Crippen LogP contribution in [0.2, 0.25) is 0 Å². The second kappa shape index (κ2) is 6.14. The molecule has 0 bridgehead atoms. The van der Waals surface area contributed by atoms with Crippen LogP contribution in [0.4, 0.5) is 0 Å². The number of ether oxygens (including phenoxy) is 1. The molecule has 0 radical (unpaired) electrons. The quantitative estimate of drug-likeness (QED) is 0.781. The largest absolute Gasteiger partial charge is 0.374 e. The van der Waals surface area contributed by atoms with Gasteiger partial charge in [-0.25, -0.2) is 0 Å². The number of benzene rings is 1. The molecule has 0 saturated heterocycles. The van der Waals surface area contributed by atoms with Crippen molar-refractivity contribution in [1.29, 1.82) is 0 Å². The van der Waals surface area contributed by atoms with Crippen molar-refractivity contribution in [3.63, 3.8) is 0 Å². The van der Waals surface area contributed by atoms with E-state index in [1.807, 2.05) is 31.2 Å². The summed E-state index contributed by atoms with van der Waals surface area (Å²) >= 11 is 2.24. The molecule has 1 rings (SSSR count). The van der Waals surface area contributed by atoms with Gasteiger partial charge in [0.1, 0.15) is 6.61 Å². The maximum absolute atomic E-state index is 11.3. The summed E-state index contributed by atoms with van der Waals surface area (Å²) in [7, 11) is 0. The second-order valence-electron chi connectivity index (χ2n) is 2.98. The zero-order valence-electron chi connectivity index (χ0n) is 8.13. The number of halogens is 1. The maximum Gasteiger partial charge on any atom is 0.162 e. The number of hydrogen-bond donors (Lipinski definition) is 0. The van der Waals surface area contributed by atoms with Gasteiger partial charge in [-0.05, 0) is 47.2 Å². The summed E-state index contributed by atoms with van der Waals surface area (Å²) in [6.07, 6.45) is 0.469. The van der Waals surface area contributed by atoms with Crippen LogP contribution in [0.3, 0.4) is 0 Å². The Morgan fingerprint density at radius 2 is 2.00 bits per heavy atom. The van der Waals surface area contributed by atoms with Crippen LogP contribution in [0.5, 0.6) is 0 Å². The van der Waals surface area contributed by atoms with Crippen LogP contribution in [0, 0.1) is 3.57 Å². The predicted octanol–water partition coefficient (Wildman–Crippen LogP) is 2.44. The first-order chi connectivity index (χ1) is 6.72. The molecule has 0 aliphatic heterocycles. The summed E-state index contributed by atoms with van der Waals surface area (Å²) in [6, 6.07) is 7.96. The van der Waals surface area contributed by atoms with Crippen molar-refractivity contribution < 1.29 is 9.53 Å². The van der Waals surface area contributed by atoms with Gasteiger partial charge >= 0.3 is 0 Å². The van der Waals surface area contributed by atoms with E-state index in [0.717, 1.165) is 5.56 Å². The van der Waals surface area contributed by atoms with Crippen LogP contribution < -0.4 is 0 Å².